The van der Waals surface area contributed by atoms with Crippen molar-refractivity contribution in [2.45, 2.75) is 103 Å². The van der Waals surface area contributed by atoms with E-state index >= 15 is 0 Å². The lowest BCUT2D eigenvalue weighted by Crippen LogP contribution is -2.41. The van der Waals surface area contributed by atoms with Crippen LogP contribution in [0.5, 0.6) is 0 Å². The lowest BCUT2D eigenvalue weighted by atomic mass is 9.94. The molecule has 1 N–H and O–H groups in total. The van der Waals surface area contributed by atoms with Crippen LogP contribution in [-0.4, -0.2) is 86.1 Å². The lowest BCUT2D eigenvalue weighted by Gasteiger charge is -2.33. The molecule has 2 aliphatic heterocycles. The second kappa shape index (κ2) is 15.9. The van der Waals surface area contributed by atoms with Crippen molar-refractivity contribution in [1.82, 2.24) is 9.80 Å². The number of aliphatic hydroxyl groups is 1. The molecular formula is C31H54N2O8S. The molecule has 2 saturated heterocycles. The van der Waals surface area contributed by atoms with Crippen LogP contribution in [0.3, 0.4) is 0 Å². The summed E-state index contributed by atoms with van der Waals surface area (Å²) in [5.41, 5.74) is 0.0891. The highest BCUT2D eigenvalue weighted by Crippen LogP contribution is 2.24. The van der Waals surface area contributed by atoms with Gasteiger partial charge in [-0.25, -0.2) is 9.59 Å². The summed E-state index contributed by atoms with van der Waals surface area (Å²) >= 11 is 0. The number of benzene rings is 1. The summed E-state index contributed by atoms with van der Waals surface area (Å²) < 4.78 is 40.2. The molecule has 11 heteroatoms. The first-order valence-corrected chi connectivity index (χ1v) is 16.4. The molecule has 2 fully saturated rings. The topological polar surface area (TPSA) is 123 Å². The van der Waals surface area contributed by atoms with Crippen molar-refractivity contribution >= 4 is 22.3 Å². The molecule has 0 radical (unpaired) electrons. The van der Waals surface area contributed by atoms with Crippen LogP contribution in [0.1, 0.15) is 87.1 Å². The molecule has 1 aromatic carbocycles. The SMILES string of the molecule is CC(C)(C)OC(=O)N1CCC(CCO)CC1.Cc1ccc(S(=O)(=O)OCCC2CCN(C(=O)OC(C)(C)C)CC2)cc1.[2HH]. The number of carbonyl (C=O) groups is 2. The standard InChI is InChI=1S/C19H29NO5S.C12H23NO3.H2/c1-15-5-7-17(8-6-15)26(22,23)24-14-11-16-9-12-20(13-10-16)18(21)25-19(2,3)4;1-12(2,3)16-11(15)13-7-4-10(5-8-13)6-9-14;/h5-8,16H,9-14H2,1-4H3;10,14H,4-9H2,1-3H3;1H/i;;1+1. The Balaban J connectivity index is 0.000000469. The minimum absolute atomic E-state index is 0. The van der Waals surface area contributed by atoms with Crippen LogP contribution in [0.2, 0.25) is 0 Å². The van der Waals surface area contributed by atoms with Crippen molar-refractivity contribution in [3.8, 4) is 0 Å². The average molecular weight is 616 g/mol. The van der Waals surface area contributed by atoms with E-state index in [0.29, 0.717) is 31.3 Å². The largest absolute Gasteiger partial charge is 0.444 e. The van der Waals surface area contributed by atoms with E-state index in [4.69, 9.17) is 18.8 Å². The molecule has 0 saturated carbocycles. The highest BCUT2D eigenvalue weighted by atomic mass is 32.2. The number of ether oxygens (including phenoxy) is 2. The first-order chi connectivity index (χ1) is 19.5. The van der Waals surface area contributed by atoms with Crippen LogP contribution in [-0.2, 0) is 23.8 Å². The predicted molar refractivity (Wildman–Crippen MR) is 164 cm³/mol. The van der Waals surface area contributed by atoms with Crippen LogP contribution >= 0.6 is 0 Å². The van der Waals surface area contributed by atoms with E-state index in [1.165, 1.54) is 0 Å². The molecule has 0 spiro atoms. The van der Waals surface area contributed by atoms with Crippen LogP contribution < -0.4 is 0 Å². The van der Waals surface area contributed by atoms with Gasteiger partial charge in [0, 0.05) is 34.2 Å². The molecule has 0 aromatic heterocycles. The molecule has 1 aromatic rings. The number of nitrogens with zero attached hydrogens (tertiary/aromatic N) is 2. The Morgan fingerprint density at radius 2 is 1.21 bits per heavy atom. The van der Waals surface area contributed by atoms with E-state index < -0.39 is 21.3 Å². The summed E-state index contributed by atoms with van der Waals surface area (Å²) in [4.78, 5) is 27.4. The summed E-state index contributed by atoms with van der Waals surface area (Å²) in [6, 6.07) is 6.62. The second-order valence-corrected chi connectivity index (χ2v) is 14.8. The number of carbonyl (C=O) groups excluding carboxylic acids is 2. The number of hydrogen-bond acceptors (Lipinski definition) is 8. The van der Waals surface area contributed by atoms with Gasteiger partial charge in [-0.15, -0.1) is 0 Å². The van der Waals surface area contributed by atoms with E-state index in [1.807, 2.05) is 48.5 Å². The highest BCUT2D eigenvalue weighted by molar-refractivity contribution is 7.86. The van der Waals surface area contributed by atoms with Gasteiger partial charge >= 0.3 is 12.2 Å². The average Bonchev–Trinajstić information content (AvgIpc) is 2.88. The van der Waals surface area contributed by atoms with Gasteiger partial charge in [-0.2, -0.15) is 8.42 Å². The Morgan fingerprint density at radius 3 is 1.60 bits per heavy atom. The Bertz CT molecular complexity index is 1080. The maximum atomic E-state index is 12.2. The second-order valence-electron chi connectivity index (χ2n) is 13.2. The minimum atomic E-state index is -3.71. The van der Waals surface area contributed by atoms with Crippen LogP contribution in [0.15, 0.2) is 29.2 Å². The van der Waals surface area contributed by atoms with Crippen molar-refractivity contribution < 1.29 is 38.2 Å². The Labute approximate surface area is 254 Å². The monoisotopic (exact) mass is 615 g/mol. The maximum Gasteiger partial charge on any atom is 0.410 e. The molecule has 0 aliphatic carbocycles. The predicted octanol–water partition coefficient (Wildman–Crippen LogP) is 6.00. The van der Waals surface area contributed by atoms with Crippen molar-refractivity contribution in [3.63, 3.8) is 0 Å². The van der Waals surface area contributed by atoms with E-state index in [2.05, 4.69) is 0 Å². The van der Waals surface area contributed by atoms with Gasteiger partial charge in [-0.3, -0.25) is 4.18 Å². The van der Waals surface area contributed by atoms with Gasteiger partial charge in [0.05, 0.1) is 11.5 Å². The van der Waals surface area contributed by atoms with Crippen molar-refractivity contribution in [3.05, 3.63) is 29.8 Å². The third-order valence-electron chi connectivity index (χ3n) is 7.14. The zero-order chi connectivity index (χ0) is 31.6. The summed E-state index contributed by atoms with van der Waals surface area (Å²) in [6.07, 6.45) is 4.61. The molecule has 3 rings (SSSR count). The first-order valence-electron chi connectivity index (χ1n) is 15.0. The number of aryl methyl sites for hydroxylation is 1. The lowest BCUT2D eigenvalue weighted by molar-refractivity contribution is 0.0166. The molecule has 242 valence electrons. The quantitative estimate of drug-likeness (QED) is 0.371. The summed E-state index contributed by atoms with van der Waals surface area (Å²) in [6.45, 7) is 16.3. The molecular weight excluding hydrogens is 560 g/mol. The highest BCUT2D eigenvalue weighted by Gasteiger charge is 2.28. The van der Waals surface area contributed by atoms with E-state index in [9.17, 15) is 18.0 Å². The fraction of sp³-hybridized carbons (Fsp3) is 0.742. The minimum Gasteiger partial charge on any atom is -0.444 e. The number of aliphatic hydroxyl groups excluding tert-OH is 1. The zero-order valence-corrected chi connectivity index (χ0v) is 27.4. The molecule has 10 nitrogen and oxygen atoms in total. The van der Waals surface area contributed by atoms with Gasteiger partial charge in [-0.05, 0) is 111 Å². The van der Waals surface area contributed by atoms with Gasteiger partial charge < -0.3 is 24.4 Å². The molecule has 0 atom stereocenters. The Morgan fingerprint density at radius 1 is 0.810 bits per heavy atom. The van der Waals surface area contributed by atoms with E-state index in [1.54, 1.807) is 34.1 Å². The molecule has 2 aliphatic rings. The van der Waals surface area contributed by atoms with Gasteiger partial charge in [-0.1, -0.05) is 17.7 Å². The number of likely N-dealkylation sites (tertiary alicyclic amines) is 2. The van der Waals surface area contributed by atoms with Crippen molar-refractivity contribution in [2.24, 2.45) is 11.8 Å². The number of rotatable bonds is 7. The zero-order valence-electron chi connectivity index (χ0n) is 26.6. The molecule has 2 amide bonds. The van der Waals surface area contributed by atoms with Gasteiger partial charge in [0.15, 0.2) is 0 Å². The van der Waals surface area contributed by atoms with Crippen molar-refractivity contribution in [2.75, 3.05) is 39.4 Å². The van der Waals surface area contributed by atoms with Gasteiger partial charge in [0.25, 0.3) is 10.1 Å². The summed E-state index contributed by atoms with van der Waals surface area (Å²) in [7, 11) is -3.71. The fourth-order valence-electron chi connectivity index (χ4n) is 4.74. The summed E-state index contributed by atoms with van der Waals surface area (Å²) in [5, 5.41) is 8.84. The number of piperidine rings is 2. The molecule has 0 unspecified atom stereocenters. The van der Waals surface area contributed by atoms with Crippen LogP contribution in [0, 0.1) is 18.8 Å². The third kappa shape index (κ3) is 13.3. The molecule has 42 heavy (non-hydrogen) atoms. The van der Waals surface area contributed by atoms with Crippen LogP contribution in [0.25, 0.3) is 0 Å². The van der Waals surface area contributed by atoms with Crippen molar-refractivity contribution in [1.29, 1.82) is 0 Å². The number of amides is 2. The Kier molecular flexibility index (Phi) is 13.6. The maximum absolute atomic E-state index is 12.2. The molecule has 2 heterocycles. The molecule has 0 bridgehead atoms. The van der Waals surface area contributed by atoms with Gasteiger partial charge in [0.1, 0.15) is 11.2 Å². The Hall–Kier alpha value is -2.37. The first kappa shape index (κ1) is 35.8. The van der Waals surface area contributed by atoms with E-state index in [0.717, 1.165) is 50.8 Å². The fourth-order valence-corrected chi connectivity index (χ4v) is 5.66. The number of hydrogen-bond donors (Lipinski definition) is 1. The van der Waals surface area contributed by atoms with E-state index in [-0.39, 0.29) is 31.7 Å². The smallest absolute Gasteiger partial charge is 0.410 e. The normalized spacial score (nSPS) is 17.3. The van der Waals surface area contributed by atoms with Gasteiger partial charge in [0.2, 0.25) is 0 Å². The summed E-state index contributed by atoms with van der Waals surface area (Å²) in [5.74, 6) is 0.908. The van der Waals surface area contributed by atoms with Crippen LogP contribution in [0.4, 0.5) is 9.59 Å². The third-order valence-corrected chi connectivity index (χ3v) is 8.47.